The molecule has 80 valence electrons. The van der Waals surface area contributed by atoms with Crippen LogP contribution in [0.25, 0.3) is 0 Å². The highest BCUT2D eigenvalue weighted by Crippen LogP contribution is 2.26. The molecule has 4 heteroatoms. The Morgan fingerprint density at radius 2 is 2.33 bits per heavy atom. The summed E-state index contributed by atoms with van der Waals surface area (Å²) < 4.78 is 5.95. The third-order valence-corrected chi connectivity index (χ3v) is 2.72. The number of benzene rings is 1. The van der Waals surface area contributed by atoms with Gasteiger partial charge in [-0.2, -0.15) is 5.26 Å². The van der Waals surface area contributed by atoms with Crippen molar-refractivity contribution in [1.29, 1.82) is 5.26 Å². The van der Waals surface area contributed by atoms with Crippen LogP contribution in [0.1, 0.15) is 5.56 Å². The summed E-state index contributed by atoms with van der Waals surface area (Å²) in [6, 6.07) is 7.68. The number of halogens is 1. The topological polar surface area (TPSA) is 53.2 Å². The summed E-state index contributed by atoms with van der Waals surface area (Å²) in [7, 11) is 1.60. The Balaban J connectivity index is 2.80. The van der Waals surface area contributed by atoms with Crippen molar-refractivity contribution in [2.24, 2.45) is 5.92 Å². The van der Waals surface area contributed by atoms with Gasteiger partial charge >= 0.3 is 0 Å². The molecule has 1 aromatic rings. The molecule has 1 N–H and O–H groups in total. The molecule has 15 heavy (non-hydrogen) atoms. The van der Waals surface area contributed by atoms with Gasteiger partial charge in [0.2, 0.25) is 0 Å². The van der Waals surface area contributed by atoms with E-state index in [0.29, 0.717) is 6.42 Å². The van der Waals surface area contributed by atoms with Gasteiger partial charge in [-0.3, -0.25) is 0 Å². The van der Waals surface area contributed by atoms with Gasteiger partial charge in [-0.05, 0) is 40.0 Å². The number of hydrogen-bond donors (Lipinski definition) is 1. The molecule has 0 saturated heterocycles. The van der Waals surface area contributed by atoms with Crippen molar-refractivity contribution in [3.8, 4) is 11.8 Å². The fourth-order valence-electron chi connectivity index (χ4n) is 1.27. The van der Waals surface area contributed by atoms with Gasteiger partial charge in [0.05, 0.1) is 30.2 Å². The smallest absolute Gasteiger partial charge is 0.133 e. The number of ether oxygens (including phenoxy) is 1. The van der Waals surface area contributed by atoms with E-state index in [0.717, 1.165) is 15.8 Å². The lowest BCUT2D eigenvalue weighted by molar-refractivity contribution is 0.255. The fraction of sp³-hybridized carbons (Fsp3) is 0.364. The standard InChI is InChI=1S/C11H12BrNO2/c1-15-11-3-2-8(5-10(11)12)4-9(6-13)7-14/h2-3,5,9,14H,4,7H2,1H3/t9-/m1/s1. The van der Waals surface area contributed by atoms with E-state index in [9.17, 15) is 0 Å². The van der Waals surface area contributed by atoms with Gasteiger partial charge in [0, 0.05) is 0 Å². The van der Waals surface area contributed by atoms with E-state index >= 15 is 0 Å². The van der Waals surface area contributed by atoms with Crippen LogP contribution in [0.2, 0.25) is 0 Å². The summed E-state index contributed by atoms with van der Waals surface area (Å²) in [6.07, 6.45) is 0.551. The zero-order chi connectivity index (χ0) is 11.3. The van der Waals surface area contributed by atoms with E-state index in [1.807, 2.05) is 18.2 Å². The van der Waals surface area contributed by atoms with Crippen molar-refractivity contribution in [2.45, 2.75) is 6.42 Å². The Bertz CT molecular complexity index is 373. The molecule has 0 spiro atoms. The average molecular weight is 270 g/mol. The minimum atomic E-state index is -0.342. The normalized spacial score (nSPS) is 11.9. The molecule has 0 aromatic heterocycles. The highest BCUT2D eigenvalue weighted by molar-refractivity contribution is 9.10. The molecular weight excluding hydrogens is 258 g/mol. The molecule has 0 saturated carbocycles. The first kappa shape index (κ1) is 12.0. The third kappa shape index (κ3) is 3.22. The van der Waals surface area contributed by atoms with E-state index in [4.69, 9.17) is 15.1 Å². The van der Waals surface area contributed by atoms with E-state index in [2.05, 4.69) is 22.0 Å². The number of aliphatic hydroxyl groups is 1. The summed E-state index contributed by atoms with van der Waals surface area (Å²) in [6.45, 7) is -0.111. The van der Waals surface area contributed by atoms with Gasteiger partial charge in [0.1, 0.15) is 5.75 Å². The summed E-state index contributed by atoms with van der Waals surface area (Å²) in [5, 5.41) is 17.6. The van der Waals surface area contributed by atoms with Gasteiger partial charge in [0.15, 0.2) is 0 Å². The quantitative estimate of drug-likeness (QED) is 0.911. The third-order valence-electron chi connectivity index (χ3n) is 2.10. The molecule has 0 amide bonds. The van der Waals surface area contributed by atoms with Gasteiger partial charge in [0.25, 0.3) is 0 Å². The first-order valence-corrected chi connectivity index (χ1v) is 5.33. The van der Waals surface area contributed by atoms with Crippen LogP contribution in [0.5, 0.6) is 5.75 Å². The number of nitrogens with zero attached hydrogens (tertiary/aromatic N) is 1. The van der Waals surface area contributed by atoms with Crippen molar-refractivity contribution < 1.29 is 9.84 Å². The second-order valence-corrected chi connectivity index (χ2v) is 4.04. The molecule has 3 nitrogen and oxygen atoms in total. The molecule has 0 bridgehead atoms. The Hall–Kier alpha value is -1.05. The van der Waals surface area contributed by atoms with Gasteiger partial charge in [-0.15, -0.1) is 0 Å². The fourth-order valence-corrected chi connectivity index (χ4v) is 1.86. The molecule has 0 unspecified atom stereocenters. The molecule has 1 atom stereocenters. The molecule has 0 aliphatic carbocycles. The van der Waals surface area contributed by atoms with Crippen molar-refractivity contribution >= 4 is 15.9 Å². The van der Waals surface area contributed by atoms with Crippen LogP contribution in [0, 0.1) is 17.2 Å². The van der Waals surface area contributed by atoms with Crippen LogP contribution in [-0.4, -0.2) is 18.8 Å². The molecule has 0 aliphatic heterocycles. The highest BCUT2D eigenvalue weighted by Gasteiger charge is 2.08. The number of hydrogen-bond acceptors (Lipinski definition) is 3. The average Bonchev–Trinajstić information content (AvgIpc) is 2.26. The number of methoxy groups -OCH3 is 1. The van der Waals surface area contributed by atoms with Crippen LogP contribution >= 0.6 is 15.9 Å². The largest absolute Gasteiger partial charge is 0.496 e. The maximum atomic E-state index is 8.90. The molecule has 1 rings (SSSR count). The van der Waals surface area contributed by atoms with E-state index in [-0.39, 0.29) is 12.5 Å². The van der Waals surface area contributed by atoms with Crippen molar-refractivity contribution in [3.63, 3.8) is 0 Å². The predicted molar refractivity (Wildman–Crippen MR) is 60.6 cm³/mol. The molecule has 0 radical (unpaired) electrons. The molecule has 1 aromatic carbocycles. The van der Waals surface area contributed by atoms with Gasteiger partial charge in [-0.1, -0.05) is 6.07 Å². The number of rotatable bonds is 4. The molecule has 0 aliphatic rings. The summed E-state index contributed by atoms with van der Waals surface area (Å²) in [4.78, 5) is 0. The second-order valence-electron chi connectivity index (χ2n) is 3.18. The van der Waals surface area contributed by atoms with Crippen LogP contribution in [0.15, 0.2) is 22.7 Å². The Labute approximate surface area is 97.4 Å². The van der Waals surface area contributed by atoms with Crippen LogP contribution in [0.4, 0.5) is 0 Å². The van der Waals surface area contributed by atoms with E-state index in [1.165, 1.54) is 0 Å². The minimum absolute atomic E-state index is 0.111. The Morgan fingerprint density at radius 1 is 1.60 bits per heavy atom. The lowest BCUT2D eigenvalue weighted by atomic mass is 10.0. The van der Waals surface area contributed by atoms with Crippen molar-refractivity contribution in [3.05, 3.63) is 28.2 Å². The monoisotopic (exact) mass is 269 g/mol. The zero-order valence-electron chi connectivity index (χ0n) is 8.40. The van der Waals surface area contributed by atoms with E-state index < -0.39 is 0 Å². The number of nitriles is 1. The van der Waals surface area contributed by atoms with Gasteiger partial charge < -0.3 is 9.84 Å². The lowest BCUT2D eigenvalue weighted by Gasteiger charge is -2.08. The summed E-state index contributed by atoms with van der Waals surface area (Å²) in [5.41, 5.74) is 1.00. The van der Waals surface area contributed by atoms with Crippen LogP contribution in [0.3, 0.4) is 0 Å². The molecular formula is C11H12BrNO2. The van der Waals surface area contributed by atoms with Crippen molar-refractivity contribution in [1.82, 2.24) is 0 Å². The first-order chi connectivity index (χ1) is 7.21. The number of aliphatic hydroxyl groups excluding tert-OH is 1. The van der Waals surface area contributed by atoms with Crippen LogP contribution < -0.4 is 4.74 Å². The maximum absolute atomic E-state index is 8.90. The van der Waals surface area contributed by atoms with Gasteiger partial charge in [-0.25, -0.2) is 0 Å². The van der Waals surface area contributed by atoms with Crippen molar-refractivity contribution in [2.75, 3.05) is 13.7 Å². The minimum Gasteiger partial charge on any atom is -0.496 e. The first-order valence-electron chi connectivity index (χ1n) is 4.54. The second kappa shape index (κ2) is 5.74. The Morgan fingerprint density at radius 3 is 2.80 bits per heavy atom. The zero-order valence-corrected chi connectivity index (χ0v) is 9.99. The predicted octanol–water partition coefficient (Wildman–Crippen LogP) is 2.13. The molecule has 0 heterocycles. The summed E-state index contributed by atoms with van der Waals surface area (Å²) >= 11 is 3.37. The Kier molecular flexibility index (Phi) is 4.60. The van der Waals surface area contributed by atoms with E-state index in [1.54, 1.807) is 7.11 Å². The maximum Gasteiger partial charge on any atom is 0.133 e. The SMILES string of the molecule is COc1ccc(C[C@H](C#N)CO)cc1Br. The summed E-state index contributed by atoms with van der Waals surface area (Å²) in [5.74, 6) is 0.418. The molecule has 0 fully saturated rings. The van der Waals surface area contributed by atoms with Crippen LogP contribution in [-0.2, 0) is 6.42 Å². The lowest BCUT2D eigenvalue weighted by Crippen LogP contribution is -2.06. The highest BCUT2D eigenvalue weighted by atomic mass is 79.9.